The van der Waals surface area contributed by atoms with E-state index >= 15 is 0 Å². The number of hydrogen-bond donors (Lipinski definition) is 1. The van der Waals surface area contributed by atoms with E-state index in [1.807, 2.05) is 0 Å². The van der Waals surface area contributed by atoms with Crippen LogP contribution in [0.2, 0.25) is 0 Å². The summed E-state index contributed by atoms with van der Waals surface area (Å²) in [5.41, 5.74) is 0. The molecule has 1 fully saturated rings. The highest BCUT2D eigenvalue weighted by atomic mass is 15.2. The fourth-order valence-corrected chi connectivity index (χ4v) is 2.79. The normalized spacial score (nSPS) is 24.9. The van der Waals surface area contributed by atoms with Crippen LogP contribution in [0, 0.1) is 0 Å². The van der Waals surface area contributed by atoms with Gasteiger partial charge in [0.05, 0.1) is 0 Å². The van der Waals surface area contributed by atoms with Gasteiger partial charge in [-0.05, 0) is 45.7 Å². The van der Waals surface area contributed by atoms with Crippen LogP contribution in [0.25, 0.3) is 0 Å². The lowest BCUT2D eigenvalue weighted by Gasteiger charge is -2.39. The van der Waals surface area contributed by atoms with Crippen molar-refractivity contribution in [1.82, 2.24) is 10.2 Å². The largest absolute Gasteiger partial charge is 0.314 e. The van der Waals surface area contributed by atoms with Crippen molar-refractivity contribution >= 4 is 0 Å². The van der Waals surface area contributed by atoms with E-state index in [4.69, 9.17) is 0 Å². The van der Waals surface area contributed by atoms with Gasteiger partial charge in [0.2, 0.25) is 0 Å². The van der Waals surface area contributed by atoms with E-state index < -0.39 is 0 Å². The SMILES string of the molecule is CCC1CCCCN1C(C)CCNC(C)C. The Morgan fingerprint density at radius 3 is 2.62 bits per heavy atom. The Hall–Kier alpha value is -0.0800. The predicted molar refractivity (Wildman–Crippen MR) is 71.9 cm³/mol. The lowest BCUT2D eigenvalue weighted by molar-refractivity contribution is 0.0952. The van der Waals surface area contributed by atoms with E-state index in [1.54, 1.807) is 0 Å². The Balaban J connectivity index is 2.29. The molecule has 1 aliphatic rings. The van der Waals surface area contributed by atoms with Crippen LogP contribution in [0.4, 0.5) is 0 Å². The molecule has 0 aliphatic carbocycles. The van der Waals surface area contributed by atoms with Crippen LogP contribution < -0.4 is 5.32 Å². The minimum absolute atomic E-state index is 0.621. The molecule has 0 aromatic heterocycles. The van der Waals surface area contributed by atoms with Crippen molar-refractivity contribution in [1.29, 1.82) is 0 Å². The van der Waals surface area contributed by atoms with Crippen molar-refractivity contribution in [2.24, 2.45) is 0 Å². The van der Waals surface area contributed by atoms with Gasteiger partial charge < -0.3 is 5.32 Å². The van der Waals surface area contributed by atoms with E-state index in [2.05, 4.69) is 37.9 Å². The van der Waals surface area contributed by atoms with Crippen LogP contribution in [0.15, 0.2) is 0 Å². The van der Waals surface area contributed by atoms with E-state index in [1.165, 1.54) is 38.6 Å². The van der Waals surface area contributed by atoms with Crippen molar-refractivity contribution in [3.05, 3.63) is 0 Å². The van der Waals surface area contributed by atoms with Gasteiger partial charge in [-0.25, -0.2) is 0 Å². The minimum atomic E-state index is 0.621. The van der Waals surface area contributed by atoms with Gasteiger partial charge in [-0.3, -0.25) is 4.90 Å². The highest BCUT2D eigenvalue weighted by Gasteiger charge is 2.24. The van der Waals surface area contributed by atoms with E-state index in [9.17, 15) is 0 Å². The summed E-state index contributed by atoms with van der Waals surface area (Å²) in [4.78, 5) is 2.74. The van der Waals surface area contributed by atoms with E-state index in [-0.39, 0.29) is 0 Å². The maximum atomic E-state index is 3.52. The second-order valence-corrected chi connectivity index (χ2v) is 5.54. The second-order valence-electron chi connectivity index (χ2n) is 5.54. The highest BCUT2D eigenvalue weighted by Crippen LogP contribution is 2.22. The number of piperidine rings is 1. The molecule has 1 rings (SSSR count). The summed E-state index contributed by atoms with van der Waals surface area (Å²) in [5.74, 6) is 0. The molecule has 1 aliphatic heterocycles. The van der Waals surface area contributed by atoms with Gasteiger partial charge >= 0.3 is 0 Å². The van der Waals surface area contributed by atoms with Crippen molar-refractivity contribution in [2.75, 3.05) is 13.1 Å². The molecule has 2 heteroatoms. The first-order chi connectivity index (χ1) is 7.65. The molecule has 0 amide bonds. The lowest BCUT2D eigenvalue weighted by Crippen LogP contribution is -2.45. The summed E-state index contributed by atoms with van der Waals surface area (Å²) in [5, 5.41) is 3.52. The van der Waals surface area contributed by atoms with Crippen LogP contribution >= 0.6 is 0 Å². The average molecular weight is 226 g/mol. The molecule has 0 aromatic rings. The maximum absolute atomic E-state index is 3.52. The highest BCUT2D eigenvalue weighted by molar-refractivity contribution is 4.80. The minimum Gasteiger partial charge on any atom is -0.314 e. The van der Waals surface area contributed by atoms with Crippen molar-refractivity contribution in [3.8, 4) is 0 Å². The Kier molecular flexibility index (Phi) is 6.37. The van der Waals surface area contributed by atoms with Gasteiger partial charge in [-0.2, -0.15) is 0 Å². The zero-order chi connectivity index (χ0) is 12.0. The fourth-order valence-electron chi connectivity index (χ4n) is 2.79. The van der Waals surface area contributed by atoms with E-state index in [0.717, 1.165) is 18.6 Å². The zero-order valence-electron chi connectivity index (χ0n) is 11.6. The summed E-state index contributed by atoms with van der Waals surface area (Å²) >= 11 is 0. The first-order valence-corrected chi connectivity index (χ1v) is 7.14. The molecular weight excluding hydrogens is 196 g/mol. The Bertz CT molecular complexity index is 180. The number of likely N-dealkylation sites (tertiary alicyclic amines) is 1. The molecule has 2 nitrogen and oxygen atoms in total. The zero-order valence-corrected chi connectivity index (χ0v) is 11.6. The molecule has 0 bridgehead atoms. The number of nitrogens with zero attached hydrogens (tertiary/aromatic N) is 1. The van der Waals surface area contributed by atoms with Gasteiger partial charge in [0.25, 0.3) is 0 Å². The monoisotopic (exact) mass is 226 g/mol. The quantitative estimate of drug-likeness (QED) is 0.749. The van der Waals surface area contributed by atoms with E-state index in [0.29, 0.717) is 6.04 Å². The Morgan fingerprint density at radius 1 is 1.25 bits per heavy atom. The summed E-state index contributed by atoms with van der Waals surface area (Å²) in [6.45, 7) is 11.7. The second kappa shape index (κ2) is 7.29. The summed E-state index contributed by atoms with van der Waals surface area (Å²) in [6.07, 6.45) is 6.86. The molecule has 2 atom stereocenters. The molecule has 0 aromatic carbocycles. The van der Waals surface area contributed by atoms with Gasteiger partial charge in [0.15, 0.2) is 0 Å². The molecule has 2 unspecified atom stereocenters. The summed E-state index contributed by atoms with van der Waals surface area (Å²) in [6, 6.07) is 2.22. The summed E-state index contributed by atoms with van der Waals surface area (Å²) in [7, 11) is 0. The molecule has 96 valence electrons. The van der Waals surface area contributed by atoms with Gasteiger partial charge in [-0.15, -0.1) is 0 Å². The van der Waals surface area contributed by atoms with Crippen molar-refractivity contribution in [2.45, 2.75) is 77.9 Å². The van der Waals surface area contributed by atoms with Gasteiger partial charge in [0, 0.05) is 18.1 Å². The molecule has 0 spiro atoms. The third kappa shape index (κ3) is 4.42. The smallest absolute Gasteiger partial charge is 0.00954 e. The third-order valence-corrected chi connectivity index (χ3v) is 3.82. The van der Waals surface area contributed by atoms with Crippen LogP contribution in [0.1, 0.15) is 59.8 Å². The van der Waals surface area contributed by atoms with Crippen LogP contribution in [-0.4, -0.2) is 36.1 Å². The van der Waals surface area contributed by atoms with Crippen LogP contribution in [0.5, 0.6) is 0 Å². The fraction of sp³-hybridized carbons (Fsp3) is 1.00. The standard InChI is InChI=1S/C14H30N2/c1-5-14-8-6-7-11-16(14)13(4)9-10-15-12(2)3/h12-15H,5-11H2,1-4H3. The molecule has 1 saturated heterocycles. The lowest BCUT2D eigenvalue weighted by atomic mass is 9.97. The van der Waals surface area contributed by atoms with Crippen molar-refractivity contribution in [3.63, 3.8) is 0 Å². The molecule has 0 radical (unpaired) electrons. The first-order valence-electron chi connectivity index (χ1n) is 7.14. The first kappa shape index (κ1) is 14.0. The number of rotatable bonds is 6. The predicted octanol–water partition coefficient (Wildman–Crippen LogP) is 3.03. The molecular formula is C14H30N2. The topological polar surface area (TPSA) is 15.3 Å². The van der Waals surface area contributed by atoms with Crippen LogP contribution in [-0.2, 0) is 0 Å². The Morgan fingerprint density at radius 2 is 2.00 bits per heavy atom. The Labute approximate surface area is 102 Å². The number of hydrogen-bond acceptors (Lipinski definition) is 2. The van der Waals surface area contributed by atoms with Crippen LogP contribution in [0.3, 0.4) is 0 Å². The van der Waals surface area contributed by atoms with Crippen molar-refractivity contribution < 1.29 is 0 Å². The molecule has 1 N–H and O–H groups in total. The molecule has 16 heavy (non-hydrogen) atoms. The molecule has 0 saturated carbocycles. The van der Waals surface area contributed by atoms with Gasteiger partial charge in [0.1, 0.15) is 0 Å². The average Bonchev–Trinajstić information content (AvgIpc) is 2.28. The maximum Gasteiger partial charge on any atom is 0.00954 e. The van der Waals surface area contributed by atoms with Gasteiger partial charge in [-0.1, -0.05) is 27.2 Å². The summed E-state index contributed by atoms with van der Waals surface area (Å²) < 4.78 is 0. The third-order valence-electron chi connectivity index (χ3n) is 3.82. The number of nitrogens with one attached hydrogen (secondary N) is 1. The molecule has 1 heterocycles.